The average molecular weight is 477 g/mol. The van der Waals surface area contributed by atoms with Crippen LogP contribution in [0.1, 0.15) is 18.1 Å². The fourth-order valence-corrected chi connectivity index (χ4v) is 3.67. The quantitative estimate of drug-likeness (QED) is 0.472. The van der Waals surface area contributed by atoms with Crippen molar-refractivity contribution in [2.45, 2.75) is 13.5 Å². The Hall–Kier alpha value is -4.33. The van der Waals surface area contributed by atoms with Crippen LogP contribution in [-0.2, 0) is 16.1 Å². The first-order valence-corrected chi connectivity index (χ1v) is 11.1. The molecule has 1 aliphatic heterocycles. The maximum absolute atomic E-state index is 14.1. The standard InChI is InChI=1S/C27H25FN2O5/c1-3-34-23-12-8-18(14-25(23)33-2)9-13-26(31)29-20-10-11-22-24(15-20)35-17-27(32)30(22)16-19-6-4-5-7-21(19)28/h4-15H,3,16-17H2,1-2H3,(H,29,31)/b13-9+. The van der Waals surface area contributed by atoms with Crippen LogP contribution in [0, 0.1) is 5.82 Å². The highest BCUT2D eigenvalue weighted by molar-refractivity contribution is 6.03. The number of benzene rings is 3. The maximum Gasteiger partial charge on any atom is 0.265 e. The third-order valence-corrected chi connectivity index (χ3v) is 5.37. The molecule has 1 aliphatic rings. The Morgan fingerprint density at radius 1 is 1.14 bits per heavy atom. The van der Waals surface area contributed by atoms with E-state index in [1.54, 1.807) is 61.7 Å². The first-order chi connectivity index (χ1) is 17.0. The van der Waals surface area contributed by atoms with Crippen molar-refractivity contribution in [3.8, 4) is 17.2 Å². The molecule has 0 spiro atoms. The van der Waals surface area contributed by atoms with E-state index in [4.69, 9.17) is 14.2 Å². The van der Waals surface area contributed by atoms with Gasteiger partial charge in [-0.25, -0.2) is 4.39 Å². The number of hydrogen-bond donors (Lipinski definition) is 1. The molecule has 7 nitrogen and oxygen atoms in total. The Kier molecular flexibility index (Phi) is 7.30. The Labute approximate surface area is 202 Å². The minimum atomic E-state index is -0.380. The zero-order chi connectivity index (χ0) is 24.8. The molecule has 2 amide bonds. The number of ether oxygens (including phenoxy) is 3. The predicted octanol–water partition coefficient (Wildman–Crippen LogP) is 4.81. The molecular formula is C27H25FN2O5. The molecule has 0 fully saturated rings. The second-order valence-corrected chi connectivity index (χ2v) is 7.71. The number of amides is 2. The van der Waals surface area contributed by atoms with Crippen molar-refractivity contribution in [1.29, 1.82) is 0 Å². The molecule has 1 heterocycles. The fraction of sp³-hybridized carbons (Fsp3) is 0.185. The van der Waals surface area contributed by atoms with Crippen LogP contribution in [0.25, 0.3) is 6.08 Å². The van der Waals surface area contributed by atoms with E-state index in [0.717, 1.165) is 5.56 Å². The van der Waals surface area contributed by atoms with Crippen molar-refractivity contribution < 1.29 is 28.2 Å². The van der Waals surface area contributed by atoms with Gasteiger partial charge in [-0.05, 0) is 48.9 Å². The zero-order valence-corrected chi connectivity index (χ0v) is 19.4. The highest BCUT2D eigenvalue weighted by atomic mass is 19.1. The number of nitrogens with zero attached hydrogens (tertiary/aromatic N) is 1. The van der Waals surface area contributed by atoms with E-state index >= 15 is 0 Å². The molecule has 3 aromatic carbocycles. The van der Waals surface area contributed by atoms with Crippen molar-refractivity contribution >= 4 is 29.3 Å². The van der Waals surface area contributed by atoms with Crippen LogP contribution in [0.4, 0.5) is 15.8 Å². The van der Waals surface area contributed by atoms with Gasteiger partial charge in [-0.3, -0.25) is 9.59 Å². The monoisotopic (exact) mass is 476 g/mol. The molecule has 1 N–H and O–H groups in total. The minimum Gasteiger partial charge on any atom is -0.493 e. The molecular weight excluding hydrogens is 451 g/mol. The lowest BCUT2D eigenvalue weighted by Gasteiger charge is -2.30. The minimum absolute atomic E-state index is 0.0852. The molecule has 0 atom stereocenters. The van der Waals surface area contributed by atoms with Gasteiger partial charge in [0, 0.05) is 23.4 Å². The van der Waals surface area contributed by atoms with Crippen LogP contribution in [0.5, 0.6) is 17.2 Å². The van der Waals surface area contributed by atoms with E-state index in [-0.39, 0.29) is 30.8 Å². The van der Waals surface area contributed by atoms with Gasteiger partial charge in [-0.2, -0.15) is 0 Å². The van der Waals surface area contributed by atoms with Crippen molar-refractivity contribution in [1.82, 2.24) is 0 Å². The molecule has 0 saturated carbocycles. The van der Waals surface area contributed by atoms with E-state index in [9.17, 15) is 14.0 Å². The van der Waals surface area contributed by atoms with Crippen LogP contribution in [0.15, 0.2) is 66.7 Å². The third kappa shape index (κ3) is 5.60. The van der Waals surface area contributed by atoms with Crippen LogP contribution < -0.4 is 24.4 Å². The van der Waals surface area contributed by atoms with Gasteiger partial charge in [0.2, 0.25) is 5.91 Å². The summed E-state index contributed by atoms with van der Waals surface area (Å²) >= 11 is 0. The number of hydrogen-bond acceptors (Lipinski definition) is 5. The molecule has 8 heteroatoms. The Balaban J connectivity index is 1.46. The van der Waals surface area contributed by atoms with Crippen LogP contribution >= 0.6 is 0 Å². The van der Waals surface area contributed by atoms with E-state index < -0.39 is 0 Å². The molecule has 0 aliphatic carbocycles. The normalized spacial score (nSPS) is 12.8. The highest BCUT2D eigenvalue weighted by Crippen LogP contribution is 2.35. The molecule has 0 unspecified atom stereocenters. The summed E-state index contributed by atoms with van der Waals surface area (Å²) in [6, 6.07) is 16.7. The number of carbonyl (C=O) groups excluding carboxylic acids is 2. The van der Waals surface area contributed by atoms with Gasteiger partial charge in [0.1, 0.15) is 11.6 Å². The molecule has 3 aromatic rings. The molecule has 4 rings (SSSR count). The predicted molar refractivity (Wildman–Crippen MR) is 131 cm³/mol. The molecule has 0 bridgehead atoms. The number of fused-ring (bicyclic) bond motifs is 1. The van der Waals surface area contributed by atoms with Crippen LogP contribution in [0.3, 0.4) is 0 Å². The average Bonchev–Trinajstić information content (AvgIpc) is 2.86. The Morgan fingerprint density at radius 3 is 2.74 bits per heavy atom. The number of carbonyl (C=O) groups is 2. The van der Waals surface area contributed by atoms with E-state index in [1.165, 1.54) is 17.0 Å². The van der Waals surface area contributed by atoms with Crippen molar-refractivity contribution in [3.05, 3.63) is 83.7 Å². The summed E-state index contributed by atoms with van der Waals surface area (Å²) in [5.74, 6) is 0.649. The number of methoxy groups -OCH3 is 1. The smallest absolute Gasteiger partial charge is 0.265 e. The second-order valence-electron chi connectivity index (χ2n) is 7.71. The van der Waals surface area contributed by atoms with Gasteiger partial charge in [0.05, 0.1) is 25.9 Å². The summed E-state index contributed by atoms with van der Waals surface area (Å²) in [5, 5.41) is 2.78. The first kappa shape index (κ1) is 23.8. The van der Waals surface area contributed by atoms with E-state index in [1.807, 2.05) is 13.0 Å². The zero-order valence-electron chi connectivity index (χ0n) is 19.4. The number of nitrogens with one attached hydrogen (secondary N) is 1. The molecule has 0 radical (unpaired) electrons. The van der Waals surface area contributed by atoms with Gasteiger partial charge in [-0.1, -0.05) is 24.3 Å². The van der Waals surface area contributed by atoms with E-state index in [2.05, 4.69) is 5.32 Å². The summed E-state index contributed by atoms with van der Waals surface area (Å²) < 4.78 is 30.5. The number of rotatable bonds is 8. The maximum atomic E-state index is 14.1. The largest absolute Gasteiger partial charge is 0.493 e. The van der Waals surface area contributed by atoms with Gasteiger partial charge in [0.25, 0.3) is 5.91 Å². The van der Waals surface area contributed by atoms with Crippen LogP contribution in [0.2, 0.25) is 0 Å². The van der Waals surface area contributed by atoms with Gasteiger partial charge in [-0.15, -0.1) is 0 Å². The van der Waals surface area contributed by atoms with Crippen LogP contribution in [-0.4, -0.2) is 32.1 Å². The number of halogens is 1. The summed E-state index contributed by atoms with van der Waals surface area (Å²) in [4.78, 5) is 26.4. The van der Waals surface area contributed by atoms with Gasteiger partial charge >= 0.3 is 0 Å². The Bertz CT molecular complexity index is 1270. The van der Waals surface area contributed by atoms with E-state index in [0.29, 0.717) is 40.8 Å². The van der Waals surface area contributed by atoms with Crippen molar-refractivity contribution in [3.63, 3.8) is 0 Å². The molecule has 0 aromatic heterocycles. The highest BCUT2D eigenvalue weighted by Gasteiger charge is 2.26. The fourth-order valence-electron chi connectivity index (χ4n) is 3.67. The SMILES string of the molecule is CCOc1ccc(/C=C/C(=O)Nc2ccc3c(c2)OCC(=O)N3Cc2ccccc2F)cc1OC. The Morgan fingerprint density at radius 2 is 1.97 bits per heavy atom. The summed E-state index contributed by atoms with van der Waals surface area (Å²) in [6.07, 6.45) is 3.07. The molecule has 35 heavy (non-hydrogen) atoms. The summed E-state index contributed by atoms with van der Waals surface area (Å²) in [6.45, 7) is 2.33. The van der Waals surface area contributed by atoms with Crippen molar-refractivity contribution in [2.24, 2.45) is 0 Å². The lowest BCUT2D eigenvalue weighted by atomic mass is 10.1. The van der Waals surface area contributed by atoms with Crippen molar-refractivity contribution in [2.75, 3.05) is 30.5 Å². The summed E-state index contributed by atoms with van der Waals surface area (Å²) in [5.41, 5.74) is 2.20. The summed E-state index contributed by atoms with van der Waals surface area (Å²) in [7, 11) is 1.56. The lowest BCUT2D eigenvalue weighted by molar-refractivity contribution is -0.121. The second kappa shape index (κ2) is 10.7. The topological polar surface area (TPSA) is 77.1 Å². The molecule has 180 valence electrons. The molecule has 0 saturated heterocycles. The first-order valence-electron chi connectivity index (χ1n) is 11.1. The third-order valence-electron chi connectivity index (χ3n) is 5.37. The number of anilines is 2. The lowest BCUT2D eigenvalue weighted by Crippen LogP contribution is -2.38. The van der Waals surface area contributed by atoms with Gasteiger partial charge < -0.3 is 24.4 Å². The van der Waals surface area contributed by atoms with Gasteiger partial charge in [0.15, 0.2) is 18.1 Å².